The standard InChI is InChI=1S/C29H26ClN3O3/c1-2-36-25-14-8-5-11-20(25)28-27-21(19-10-4-7-13-23(19)31-27)15-24-29(35)32(17-26(34)33(24)28)16-18-9-3-6-12-22(18)30/h3-14,24,28,31H,2,15-17H2,1H3/t24-,28?/m0/s1. The molecule has 3 heterocycles. The minimum absolute atomic E-state index is 0.00339. The lowest BCUT2D eigenvalue weighted by molar-refractivity contribution is -0.159. The number of benzene rings is 3. The van der Waals surface area contributed by atoms with Gasteiger partial charge in [0.25, 0.3) is 0 Å². The summed E-state index contributed by atoms with van der Waals surface area (Å²) in [5.74, 6) is 0.561. The highest BCUT2D eigenvalue weighted by atomic mass is 35.5. The van der Waals surface area contributed by atoms with Crippen LogP contribution < -0.4 is 4.74 Å². The van der Waals surface area contributed by atoms with Crippen LogP contribution >= 0.6 is 11.6 Å². The van der Waals surface area contributed by atoms with Crippen molar-refractivity contribution in [3.8, 4) is 5.75 Å². The van der Waals surface area contributed by atoms with Gasteiger partial charge in [-0.2, -0.15) is 0 Å². The van der Waals surface area contributed by atoms with Gasteiger partial charge in [0.15, 0.2) is 0 Å². The van der Waals surface area contributed by atoms with Crippen molar-refractivity contribution in [1.29, 1.82) is 0 Å². The third kappa shape index (κ3) is 3.64. The Morgan fingerprint density at radius 2 is 1.75 bits per heavy atom. The van der Waals surface area contributed by atoms with E-state index in [1.807, 2.05) is 67.6 Å². The number of carbonyl (C=O) groups is 2. The fourth-order valence-electron chi connectivity index (χ4n) is 5.61. The van der Waals surface area contributed by atoms with Gasteiger partial charge in [-0.05, 0) is 36.2 Å². The molecule has 182 valence electrons. The van der Waals surface area contributed by atoms with Gasteiger partial charge >= 0.3 is 0 Å². The van der Waals surface area contributed by atoms with Crippen LogP contribution in [0.4, 0.5) is 0 Å². The fraction of sp³-hybridized carbons (Fsp3) is 0.241. The Kier molecular flexibility index (Phi) is 5.69. The van der Waals surface area contributed by atoms with Gasteiger partial charge in [-0.3, -0.25) is 9.59 Å². The van der Waals surface area contributed by atoms with E-state index < -0.39 is 12.1 Å². The van der Waals surface area contributed by atoms with Crippen molar-refractivity contribution < 1.29 is 14.3 Å². The molecule has 6 nitrogen and oxygen atoms in total. The number of halogens is 1. The number of H-pyrrole nitrogens is 1. The zero-order chi connectivity index (χ0) is 24.8. The van der Waals surface area contributed by atoms with Crippen molar-refractivity contribution >= 4 is 34.3 Å². The molecule has 2 amide bonds. The summed E-state index contributed by atoms with van der Waals surface area (Å²) < 4.78 is 5.97. The summed E-state index contributed by atoms with van der Waals surface area (Å²) in [5, 5.41) is 1.67. The first-order chi connectivity index (χ1) is 17.6. The maximum atomic E-state index is 13.9. The van der Waals surface area contributed by atoms with E-state index >= 15 is 0 Å². The summed E-state index contributed by atoms with van der Waals surface area (Å²) in [4.78, 5) is 34.7. The number of nitrogens with zero attached hydrogens (tertiary/aromatic N) is 2. The first-order valence-corrected chi connectivity index (χ1v) is 12.6. The zero-order valence-corrected chi connectivity index (χ0v) is 20.7. The monoisotopic (exact) mass is 499 g/mol. The molecule has 1 aromatic heterocycles. The molecule has 36 heavy (non-hydrogen) atoms. The molecule has 7 heteroatoms. The number of fused-ring (bicyclic) bond motifs is 4. The Bertz CT molecular complexity index is 1480. The summed E-state index contributed by atoms with van der Waals surface area (Å²) in [6, 6.07) is 22.3. The van der Waals surface area contributed by atoms with Gasteiger partial charge in [0.2, 0.25) is 11.8 Å². The van der Waals surface area contributed by atoms with Crippen LogP contribution in [0.5, 0.6) is 5.75 Å². The predicted octanol–water partition coefficient (Wildman–Crippen LogP) is 5.11. The molecule has 1 fully saturated rings. The van der Waals surface area contributed by atoms with Crippen LogP contribution in [0.25, 0.3) is 10.9 Å². The van der Waals surface area contributed by atoms with Gasteiger partial charge in [0, 0.05) is 40.1 Å². The van der Waals surface area contributed by atoms with Gasteiger partial charge in [0.05, 0.1) is 6.61 Å². The van der Waals surface area contributed by atoms with E-state index in [4.69, 9.17) is 16.3 Å². The Morgan fingerprint density at radius 1 is 1.00 bits per heavy atom. The quantitative estimate of drug-likeness (QED) is 0.415. The number of nitrogens with one attached hydrogen (secondary N) is 1. The molecule has 0 spiro atoms. The SMILES string of the molecule is CCOc1ccccc1C1c2[nH]c3ccccc3c2C[C@H]2C(=O)N(Cc3ccccc3Cl)CC(=O)N12. The van der Waals surface area contributed by atoms with Crippen LogP contribution in [0.15, 0.2) is 72.8 Å². The number of rotatable bonds is 5. The number of ether oxygens (including phenoxy) is 1. The smallest absolute Gasteiger partial charge is 0.246 e. The summed E-state index contributed by atoms with van der Waals surface area (Å²) in [7, 11) is 0. The first kappa shape index (κ1) is 22.7. The molecule has 0 radical (unpaired) electrons. The van der Waals surface area contributed by atoms with Crippen LogP contribution in [-0.4, -0.2) is 45.8 Å². The molecule has 1 N–H and O–H groups in total. The average Bonchev–Trinajstić information content (AvgIpc) is 3.26. The minimum Gasteiger partial charge on any atom is -0.494 e. The first-order valence-electron chi connectivity index (χ1n) is 12.2. The molecule has 6 rings (SSSR count). The van der Waals surface area contributed by atoms with Gasteiger partial charge in [0.1, 0.15) is 24.4 Å². The minimum atomic E-state index is -0.611. The molecule has 1 saturated heterocycles. The highest BCUT2D eigenvalue weighted by molar-refractivity contribution is 6.31. The van der Waals surface area contributed by atoms with E-state index in [1.165, 1.54) is 0 Å². The molecule has 2 aliphatic heterocycles. The van der Waals surface area contributed by atoms with Crippen molar-refractivity contribution in [2.75, 3.05) is 13.2 Å². The second-order valence-electron chi connectivity index (χ2n) is 9.24. The zero-order valence-electron chi connectivity index (χ0n) is 19.9. The van der Waals surface area contributed by atoms with Crippen LogP contribution in [0.1, 0.15) is 35.3 Å². The van der Waals surface area contributed by atoms with Crippen molar-refractivity contribution in [1.82, 2.24) is 14.8 Å². The molecule has 2 atom stereocenters. The predicted molar refractivity (Wildman–Crippen MR) is 139 cm³/mol. The summed E-state index contributed by atoms with van der Waals surface area (Å²) >= 11 is 6.38. The van der Waals surface area contributed by atoms with Gasteiger partial charge in [-0.15, -0.1) is 0 Å². The Hall–Kier alpha value is -3.77. The third-order valence-electron chi connectivity index (χ3n) is 7.17. The molecule has 4 aromatic rings. The highest BCUT2D eigenvalue weighted by Gasteiger charge is 2.48. The maximum absolute atomic E-state index is 13.9. The van der Waals surface area contributed by atoms with E-state index in [-0.39, 0.29) is 18.4 Å². The molecule has 3 aromatic carbocycles. The molecular weight excluding hydrogens is 474 g/mol. The van der Waals surface area contributed by atoms with Gasteiger partial charge in [-0.1, -0.05) is 66.2 Å². The molecule has 0 saturated carbocycles. The number of aromatic amines is 1. The van der Waals surface area contributed by atoms with Crippen molar-refractivity contribution in [2.24, 2.45) is 0 Å². The fourth-order valence-corrected chi connectivity index (χ4v) is 5.80. The van der Waals surface area contributed by atoms with Crippen LogP contribution in [0.3, 0.4) is 0 Å². The van der Waals surface area contributed by atoms with E-state index in [0.29, 0.717) is 30.3 Å². The summed E-state index contributed by atoms with van der Waals surface area (Å²) in [6.07, 6.45) is 0.455. The number of amides is 2. The van der Waals surface area contributed by atoms with Crippen LogP contribution in [-0.2, 0) is 22.6 Å². The topological polar surface area (TPSA) is 65.6 Å². The number of para-hydroxylation sites is 2. The number of hydrogen-bond acceptors (Lipinski definition) is 3. The van der Waals surface area contributed by atoms with E-state index in [1.54, 1.807) is 15.9 Å². The molecule has 1 unspecified atom stereocenters. The highest BCUT2D eigenvalue weighted by Crippen LogP contribution is 2.45. The Balaban J connectivity index is 1.48. The number of aromatic nitrogens is 1. The largest absolute Gasteiger partial charge is 0.494 e. The Labute approximate surface area is 214 Å². The van der Waals surface area contributed by atoms with E-state index in [2.05, 4.69) is 11.1 Å². The van der Waals surface area contributed by atoms with E-state index in [0.717, 1.165) is 33.3 Å². The van der Waals surface area contributed by atoms with Crippen LogP contribution in [0, 0.1) is 0 Å². The molecule has 2 aliphatic rings. The van der Waals surface area contributed by atoms with Crippen molar-refractivity contribution in [2.45, 2.75) is 32.0 Å². The second kappa shape index (κ2) is 9.03. The van der Waals surface area contributed by atoms with Crippen molar-refractivity contribution in [3.05, 3.63) is 100 Å². The van der Waals surface area contributed by atoms with E-state index in [9.17, 15) is 9.59 Å². The summed E-state index contributed by atoms with van der Waals surface area (Å²) in [6.45, 7) is 2.75. The lowest BCUT2D eigenvalue weighted by Crippen LogP contribution is -2.62. The molecule has 0 aliphatic carbocycles. The lowest BCUT2D eigenvalue weighted by Gasteiger charge is -2.47. The van der Waals surface area contributed by atoms with Gasteiger partial charge < -0.3 is 19.5 Å². The third-order valence-corrected chi connectivity index (χ3v) is 7.54. The Morgan fingerprint density at radius 3 is 2.58 bits per heavy atom. The lowest BCUT2D eigenvalue weighted by atomic mass is 9.85. The number of hydrogen-bond donors (Lipinski definition) is 1. The number of carbonyl (C=O) groups excluding carboxylic acids is 2. The summed E-state index contributed by atoms with van der Waals surface area (Å²) in [5.41, 5.74) is 4.71. The maximum Gasteiger partial charge on any atom is 0.246 e. The normalized spacial score (nSPS) is 19.4. The average molecular weight is 500 g/mol. The van der Waals surface area contributed by atoms with Crippen LogP contribution in [0.2, 0.25) is 5.02 Å². The number of piperazine rings is 1. The second-order valence-corrected chi connectivity index (χ2v) is 9.65. The molecule has 0 bridgehead atoms. The van der Waals surface area contributed by atoms with Crippen molar-refractivity contribution in [3.63, 3.8) is 0 Å². The van der Waals surface area contributed by atoms with Gasteiger partial charge in [-0.25, -0.2) is 0 Å². The molecular formula is C29H26ClN3O3.